The number of pyridine rings is 1. The summed E-state index contributed by atoms with van der Waals surface area (Å²) in [5.41, 5.74) is 4.37. The molecule has 4 aromatic rings. The van der Waals surface area contributed by atoms with Crippen LogP contribution in [0.2, 0.25) is 0 Å². The molecule has 5 heteroatoms. The number of para-hydroxylation sites is 1. The molecule has 0 amide bonds. The van der Waals surface area contributed by atoms with Gasteiger partial charge in [-0.2, -0.15) is 0 Å². The van der Waals surface area contributed by atoms with E-state index in [0.29, 0.717) is 5.82 Å². The maximum atomic E-state index is 12.0. The van der Waals surface area contributed by atoms with Crippen LogP contribution in [0.4, 0.5) is 5.82 Å². The van der Waals surface area contributed by atoms with Gasteiger partial charge in [0.15, 0.2) is 0 Å². The number of hydrogen-bond acceptors (Lipinski definition) is 3. The lowest BCUT2D eigenvalue weighted by Gasteiger charge is -2.18. The van der Waals surface area contributed by atoms with Crippen LogP contribution in [-0.4, -0.2) is 19.7 Å². The van der Waals surface area contributed by atoms with Gasteiger partial charge in [-0.15, -0.1) is 0 Å². The molecule has 0 unspecified atom stereocenters. The van der Waals surface area contributed by atoms with Crippen LogP contribution in [-0.2, 0) is 10.0 Å². The molecule has 27 heavy (non-hydrogen) atoms. The van der Waals surface area contributed by atoms with Gasteiger partial charge in [0.1, 0.15) is 5.82 Å². The number of nitrogens with one attached hydrogen (secondary N) is 1. The quantitative estimate of drug-likeness (QED) is 0.550. The minimum absolute atomic E-state index is 0.334. The Kier molecular flexibility index (Phi) is 4.38. The summed E-state index contributed by atoms with van der Waals surface area (Å²) in [6, 6.07) is 27.5. The Balaban J connectivity index is 2.16. The first kappa shape index (κ1) is 17.2. The van der Waals surface area contributed by atoms with Crippen molar-refractivity contribution in [3.63, 3.8) is 0 Å². The van der Waals surface area contributed by atoms with Crippen molar-refractivity contribution in [3.05, 3.63) is 84.9 Å². The molecule has 0 fully saturated rings. The van der Waals surface area contributed by atoms with E-state index in [4.69, 9.17) is 0 Å². The molecule has 0 aliphatic rings. The molecule has 0 spiro atoms. The molecule has 0 atom stereocenters. The van der Waals surface area contributed by atoms with Gasteiger partial charge in [-0.1, -0.05) is 78.9 Å². The minimum atomic E-state index is -3.49. The summed E-state index contributed by atoms with van der Waals surface area (Å²) in [6.45, 7) is 0. The molecule has 0 saturated carbocycles. The number of sulfonamides is 1. The fourth-order valence-corrected chi connectivity index (χ4v) is 3.75. The highest BCUT2D eigenvalue weighted by Crippen LogP contribution is 2.41. The highest BCUT2D eigenvalue weighted by Gasteiger charge is 2.19. The molecule has 3 aromatic carbocycles. The third-order valence-corrected chi connectivity index (χ3v) is 4.86. The van der Waals surface area contributed by atoms with Gasteiger partial charge in [-0.05, 0) is 17.2 Å². The maximum Gasteiger partial charge on any atom is 0.230 e. The maximum absolute atomic E-state index is 12.0. The van der Waals surface area contributed by atoms with Crippen molar-refractivity contribution in [1.82, 2.24) is 4.98 Å². The van der Waals surface area contributed by atoms with Crippen LogP contribution in [0.15, 0.2) is 84.9 Å². The third kappa shape index (κ3) is 3.55. The lowest BCUT2D eigenvalue weighted by molar-refractivity contribution is 0.606. The average molecular weight is 374 g/mol. The normalized spacial score (nSPS) is 11.4. The van der Waals surface area contributed by atoms with Crippen LogP contribution >= 0.6 is 0 Å². The second-order valence-electron chi connectivity index (χ2n) is 6.33. The molecule has 0 radical (unpaired) electrons. The van der Waals surface area contributed by atoms with E-state index in [0.717, 1.165) is 39.4 Å². The zero-order valence-electron chi connectivity index (χ0n) is 14.8. The van der Waals surface area contributed by atoms with Gasteiger partial charge in [-0.3, -0.25) is 4.72 Å². The van der Waals surface area contributed by atoms with E-state index < -0.39 is 10.0 Å². The largest absolute Gasteiger partial charge is 0.267 e. The molecule has 4 rings (SSSR count). The first-order chi connectivity index (χ1) is 13.0. The monoisotopic (exact) mass is 374 g/mol. The predicted molar refractivity (Wildman–Crippen MR) is 111 cm³/mol. The summed E-state index contributed by atoms with van der Waals surface area (Å²) in [5.74, 6) is 0.334. The highest BCUT2D eigenvalue weighted by molar-refractivity contribution is 7.92. The van der Waals surface area contributed by atoms with Crippen LogP contribution in [0.5, 0.6) is 0 Å². The van der Waals surface area contributed by atoms with E-state index in [1.165, 1.54) is 0 Å². The molecule has 4 nitrogen and oxygen atoms in total. The average Bonchev–Trinajstić information content (AvgIpc) is 2.67. The fourth-order valence-electron chi connectivity index (χ4n) is 3.25. The highest BCUT2D eigenvalue weighted by atomic mass is 32.2. The number of fused-ring (bicyclic) bond motifs is 1. The standard InChI is InChI=1S/C22H18N2O2S/c1-27(25,26)24-22-21(17-12-6-3-7-13-17)20(16-10-4-2-5-11-16)18-14-8-9-15-19(18)23-22/h2-15H,1H3,(H,23,24). The smallest absolute Gasteiger partial charge is 0.230 e. The predicted octanol–water partition coefficient (Wildman–Crippen LogP) is 4.94. The van der Waals surface area contributed by atoms with Crippen LogP contribution in [0, 0.1) is 0 Å². The second kappa shape index (κ2) is 6.85. The zero-order chi connectivity index (χ0) is 18.9. The fraction of sp³-hybridized carbons (Fsp3) is 0.0455. The molecule has 1 N–H and O–H groups in total. The first-order valence-corrected chi connectivity index (χ1v) is 10.4. The van der Waals surface area contributed by atoms with E-state index in [-0.39, 0.29) is 0 Å². The van der Waals surface area contributed by atoms with Crippen molar-refractivity contribution in [2.24, 2.45) is 0 Å². The molecule has 0 bridgehead atoms. The summed E-state index contributed by atoms with van der Waals surface area (Å²) < 4.78 is 26.6. The molecule has 0 aliphatic heterocycles. The number of benzene rings is 3. The van der Waals surface area contributed by atoms with Gasteiger partial charge in [0.2, 0.25) is 10.0 Å². The Morgan fingerprint density at radius 2 is 1.22 bits per heavy atom. The lowest BCUT2D eigenvalue weighted by atomic mass is 9.92. The Morgan fingerprint density at radius 3 is 1.81 bits per heavy atom. The van der Waals surface area contributed by atoms with E-state index in [1.54, 1.807) is 0 Å². The van der Waals surface area contributed by atoms with Crippen molar-refractivity contribution in [1.29, 1.82) is 0 Å². The Bertz CT molecular complexity index is 1210. The van der Waals surface area contributed by atoms with E-state index in [9.17, 15) is 8.42 Å². The summed E-state index contributed by atoms with van der Waals surface area (Å²) >= 11 is 0. The summed E-state index contributed by atoms with van der Waals surface area (Å²) in [5, 5.41) is 0.974. The van der Waals surface area contributed by atoms with Gasteiger partial charge in [0.25, 0.3) is 0 Å². The summed E-state index contributed by atoms with van der Waals surface area (Å²) in [4.78, 5) is 4.63. The first-order valence-electron chi connectivity index (χ1n) is 8.54. The van der Waals surface area contributed by atoms with Crippen LogP contribution in [0.3, 0.4) is 0 Å². The van der Waals surface area contributed by atoms with Gasteiger partial charge >= 0.3 is 0 Å². The molecule has 134 valence electrons. The van der Waals surface area contributed by atoms with E-state index in [2.05, 4.69) is 9.71 Å². The number of rotatable bonds is 4. The molecular weight excluding hydrogens is 356 g/mol. The third-order valence-electron chi connectivity index (χ3n) is 4.30. The molecular formula is C22H18N2O2S. The molecule has 0 saturated heterocycles. The SMILES string of the molecule is CS(=O)(=O)Nc1nc2ccccc2c(-c2ccccc2)c1-c1ccccc1. The lowest BCUT2D eigenvalue weighted by Crippen LogP contribution is -2.12. The molecule has 1 heterocycles. The van der Waals surface area contributed by atoms with E-state index in [1.807, 2.05) is 84.9 Å². The van der Waals surface area contributed by atoms with Gasteiger partial charge in [-0.25, -0.2) is 13.4 Å². The minimum Gasteiger partial charge on any atom is -0.267 e. The zero-order valence-corrected chi connectivity index (χ0v) is 15.6. The van der Waals surface area contributed by atoms with Crippen LogP contribution in [0.1, 0.15) is 0 Å². The van der Waals surface area contributed by atoms with Crippen molar-refractivity contribution < 1.29 is 8.42 Å². The summed E-state index contributed by atoms with van der Waals surface area (Å²) in [7, 11) is -3.49. The number of anilines is 1. The second-order valence-corrected chi connectivity index (χ2v) is 8.08. The number of nitrogens with zero attached hydrogens (tertiary/aromatic N) is 1. The van der Waals surface area contributed by atoms with Crippen molar-refractivity contribution in [2.75, 3.05) is 11.0 Å². The van der Waals surface area contributed by atoms with Crippen molar-refractivity contribution in [2.45, 2.75) is 0 Å². The van der Waals surface area contributed by atoms with Gasteiger partial charge in [0.05, 0.1) is 11.8 Å². The number of aromatic nitrogens is 1. The Labute approximate surface area is 158 Å². The van der Waals surface area contributed by atoms with Gasteiger partial charge < -0.3 is 0 Å². The van der Waals surface area contributed by atoms with E-state index >= 15 is 0 Å². The summed E-state index contributed by atoms with van der Waals surface area (Å²) in [6.07, 6.45) is 1.14. The Morgan fingerprint density at radius 1 is 0.704 bits per heavy atom. The van der Waals surface area contributed by atoms with Crippen molar-refractivity contribution >= 4 is 26.7 Å². The van der Waals surface area contributed by atoms with Crippen LogP contribution < -0.4 is 4.72 Å². The molecule has 1 aromatic heterocycles. The Hall–Kier alpha value is -3.18. The van der Waals surface area contributed by atoms with Gasteiger partial charge in [0, 0.05) is 16.5 Å². The number of hydrogen-bond donors (Lipinski definition) is 1. The topological polar surface area (TPSA) is 59.1 Å². The van der Waals surface area contributed by atoms with Crippen molar-refractivity contribution in [3.8, 4) is 22.3 Å². The van der Waals surface area contributed by atoms with Crippen LogP contribution in [0.25, 0.3) is 33.2 Å². The molecule has 0 aliphatic carbocycles.